The second-order valence-corrected chi connectivity index (χ2v) is 5.32. The zero-order chi connectivity index (χ0) is 17.5. The summed E-state index contributed by atoms with van der Waals surface area (Å²) in [6, 6.07) is 10.5. The monoisotopic (exact) mass is 329 g/mol. The molecule has 0 saturated carbocycles. The molecule has 1 aromatic heterocycles. The van der Waals surface area contributed by atoms with Crippen LogP contribution < -0.4 is 10.1 Å². The zero-order valence-corrected chi connectivity index (χ0v) is 13.6. The molecule has 0 aliphatic heterocycles. The van der Waals surface area contributed by atoms with Crippen LogP contribution in [0.3, 0.4) is 0 Å². The first-order valence-electron chi connectivity index (χ1n) is 7.64. The second kappa shape index (κ2) is 8.05. The molecule has 0 bridgehead atoms. The van der Waals surface area contributed by atoms with E-state index in [4.69, 9.17) is 4.74 Å². The van der Waals surface area contributed by atoms with Crippen molar-refractivity contribution in [2.45, 2.75) is 26.2 Å². The fourth-order valence-electron chi connectivity index (χ4n) is 2.22. The van der Waals surface area contributed by atoms with Gasteiger partial charge < -0.3 is 20.2 Å². The largest absolute Gasteiger partial charge is 0.476 e. The van der Waals surface area contributed by atoms with Crippen molar-refractivity contribution in [3.05, 3.63) is 58.3 Å². The first-order chi connectivity index (χ1) is 11.5. The molecule has 0 spiro atoms. The average molecular weight is 329 g/mol. The Hall–Kier alpha value is -2.96. The van der Waals surface area contributed by atoms with Gasteiger partial charge in [-0.2, -0.15) is 0 Å². The maximum Gasteiger partial charge on any atom is 0.406 e. The summed E-state index contributed by atoms with van der Waals surface area (Å²) in [6.45, 7) is 3.83. The lowest BCUT2D eigenvalue weighted by Crippen LogP contribution is -2.21. The molecule has 7 nitrogen and oxygen atoms in total. The van der Waals surface area contributed by atoms with E-state index in [9.17, 15) is 14.9 Å². The van der Waals surface area contributed by atoms with E-state index in [2.05, 4.69) is 24.1 Å². The minimum atomic E-state index is -0.647. The van der Waals surface area contributed by atoms with Crippen molar-refractivity contribution in [2.24, 2.45) is 0 Å². The number of nitrogens with one attached hydrogen (secondary N) is 1. The molecular weight excluding hydrogens is 310 g/mol. The Bertz CT molecular complexity index is 733. The lowest BCUT2D eigenvalue weighted by molar-refractivity contribution is -0.390. The van der Waals surface area contributed by atoms with Crippen LogP contribution in [-0.4, -0.2) is 22.4 Å². The number of rotatable bonds is 7. The first-order valence-corrected chi connectivity index (χ1v) is 7.64. The molecule has 2 rings (SSSR count). The number of aromatic nitrogens is 1. The lowest BCUT2D eigenvalue weighted by atomic mass is 9.97. The van der Waals surface area contributed by atoms with E-state index < -0.39 is 10.7 Å². The minimum absolute atomic E-state index is 0.0344. The van der Waals surface area contributed by atoms with E-state index in [1.165, 1.54) is 18.3 Å². The Morgan fingerprint density at radius 1 is 1.33 bits per heavy atom. The highest BCUT2D eigenvalue weighted by Crippen LogP contribution is 2.27. The summed E-state index contributed by atoms with van der Waals surface area (Å²) in [5.74, 6) is -0.524. The third kappa shape index (κ3) is 4.28. The zero-order valence-electron chi connectivity index (χ0n) is 13.6. The van der Waals surface area contributed by atoms with E-state index in [1.807, 2.05) is 24.3 Å². The Morgan fingerprint density at radius 3 is 2.79 bits per heavy atom. The highest BCUT2D eigenvalue weighted by molar-refractivity contribution is 5.92. The van der Waals surface area contributed by atoms with Crippen LogP contribution in [0.25, 0.3) is 0 Å². The number of carbonyl (C=O) groups is 1. The normalized spacial score (nSPS) is 11.6. The van der Waals surface area contributed by atoms with Gasteiger partial charge in [0, 0.05) is 5.69 Å². The summed E-state index contributed by atoms with van der Waals surface area (Å²) in [5, 5.41) is 13.7. The molecule has 1 N–H and O–H groups in total. The molecule has 0 fully saturated rings. The summed E-state index contributed by atoms with van der Waals surface area (Å²) >= 11 is 0. The fourth-order valence-corrected chi connectivity index (χ4v) is 2.22. The fraction of sp³-hybridized carbons (Fsp3) is 0.294. The molecule has 0 aliphatic rings. The van der Waals surface area contributed by atoms with Crippen molar-refractivity contribution in [2.75, 3.05) is 11.9 Å². The number of benzene rings is 1. The topological polar surface area (TPSA) is 94.4 Å². The van der Waals surface area contributed by atoms with Crippen LogP contribution in [-0.2, 0) is 4.79 Å². The Kier molecular flexibility index (Phi) is 5.83. The van der Waals surface area contributed by atoms with Gasteiger partial charge in [-0.15, -0.1) is 0 Å². The van der Waals surface area contributed by atoms with Crippen molar-refractivity contribution in [1.82, 2.24) is 4.98 Å². The Labute approximate surface area is 139 Å². The van der Waals surface area contributed by atoms with Crippen molar-refractivity contribution in [1.29, 1.82) is 0 Å². The molecule has 7 heteroatoms. The number of pyridine rings is 1. The second-order valence-electron chi connectivity index (χ2n) is 5.32. The summed E-state index contributed by atoms with van der Waals surface area (Å²) in [4.78, 5) is 26.0. The standard InChI is InChI=1S/C17H19N3O4/c1-3-12(2)13-7-4-5-8-14(13)19-16(21)11-24-15-9-6-10-18-17(15)20(22)23/h4-10,12H,3,11H2,1-2H3,(H,19,21). The summed E-state index contributed by atoms with van der Waals surface area (Å²) in [7, 11) is 0. The summed E-state index contributed by atoms with van der Waals surface area (Å²) < 4.78 is 5.24. The highest BCUT2D eigenvalue weighted by atomic mass is 16.6. The van der Waals surface area contributed by atoms with Crippen LogP contribution >= 0.6 is 0 Å². The predicted octanol–water partition coefficient (Wildman–Crippen LogP) is 3.52. The summed E-state index contributed by atoms with van der Waals surface area (Å²) in [6.07, 6.45) is 2.25. The molecule has 1 amide bonds. The van der Waals surface area contributed by atoms with E-state index in [0.717, 1.165) is 17.7 Å². The third-order valence-electron chi connectivity index (χ3n) is 3.66. The van der Waals surface area contributed by atoms with Crippen molar-refractivity contribution in [3.8, 4) is 5.75 Å². The number of nitrogens with zero attached hydrogens (tertiary/aromatic N) is 2. The van der Waals surface area contributed by atoms with E-state index in [0.29, 0.717) is 5.92 Å². The van der Waals surface area contributed by atoms with Gasteiger partial charge in [0.15, 0.2) is 6.61 Å². The van der Waals surface area contributed by atoms with E-state index in [1.54, 1.807) is 0 Å². The van der Waals surface area contributed by atoms with Crippen molar-refractivity contribution in [3.63, 3.8) is 0 Å². The molecule has 126 valence electrons. The molecule has 1 atom stereocenters. The predicted molar refractivity (Wildman–Crippen MR) is 90.2 cm³/mol. The first kappa shape index (κ1) is 17.4. The number of ether oxygens (including phenoxy) is 1. The number of anilines is 1. The number of hydrogen-bond acceptors (Lipinski definition) is 5. The summed E-state index contributed by atoms with van der Waals surface area (Å²) in [5.41, 5.74) is 1.77. The van der Waals surface area contributed by atoms with Gasteiger partial charge in [0.25, 0.3) is 5.91 Å². The van der Waals surface area contributed by atoms with Gasteiger partial charge in [0.2, 0.25) is 5.75 Å². The lowest BCUT2D eigenvalue weighted by Gasteiger charge is -2.15. The van der Waals surface area contributed by atoms with Crippen LogP contribution in [0.1, 0.15) is 31.7 Å². The number of hydrogen-bond donors (Lipinski definition) is 1. The van der Waals surface area contributed by atoms with Gasteiger partial charge in [-0.3, -0.25) is 4.79 Å². The van der Waals surface area contributed by atoms with Crippen molar-refractivity contribution < 1.29 is 14.5 Å². The SMILES string of the molecule is CCC(C)c1ccccc1NC(=O)COc1cccnc1[N+](=O)[O-]. The molecule has 1 unspecified atom stereocenters. The van der Waals surface area contributed by atoms with Gasteiger partial charge in [-0.25, -0.2) is 0 Å². The maximum atomic E-state index is 12.1. The number of amides is 1. The van der Waals surface area contributed by atoms with Crippen LogP contribution in [0.4, 0.5) is 11.5 Å². The number of nitro groups is 1. The van der Waals surface area contributed by atoms with E-state index in [-0.39, 0.29) is 18.3 Å². The van der Waals surface area contributed by atoms with Gasteiger partial charge in [-0.1, -0.05) is 32.0 Å². The molecule has 1 heterocycles. The Balaban J connectivity index is 2.04. The molecule has 2 aromatic rings. The minimum Gasteiger partial charge on any atom is -0.476 e. The van der Waals surface area contributed by atoms with Crippen LogP contribution in [0.5, 0.6) is 5.75 Å². The highest BCUT2D eigenvalue weighted by Gasteiger charge is 2.17. The molecule has 0 aliphatic carbocycles. The van der Waals surface area contributed by atoms with Crippen LogP contribution in [0.2, 0.25) is 0 Å². The molecule has 0 saturated heterocycles. The van der Waals surface area contributed by atoms with Gasteiger partial charge in [0.05, 0.1) is 0 Å². The van der Waals surface area contributed by atoms with Crippen LogP contribution in [0.15, 0.2) is 42.6 Å². The van der Waals surface area contributed by atoms with E-state index >= 15 is 0 Å². The maximum absolute atomic E-state index is 12.1. The van der Waals surface area contributed by atoms with Gasteiger partial charge in [-0.05, 0) is 46.0 Å². The molecule has 0 radical (unpaired) electrons. The van der Waals surface area contributed by atoms with Gasteiger partial charge >= 0.3 is 5.82 Å². The third-order valence-corrected chi connectivity index (χ3v) is 3.66. The quantitative estimate of drug-likeness (QED) is 0.619. The van der Waals surface area contributed by atoms with Gasteiger partial charge in [0.1, 0.15) is 6.20 Å². The molecular formula is C17H19N3O4. The Morgan fingerprint density at radius 2 is 2.08 bits per heavy atom. The molecule has 1 aromatic carbocycles. The average Bonchev–Trinajstić information content (AvgIpc) is 2.60. The van der Waals surface area contributed by atoms with Crippen molar-refractivity contribution >= 4 is 17.4 Å². The molecule has 24 heavy (non-hydrogen) atoms. The smallest absolute Gasteiger partial charge is 0.406 e. The number of carbonyl (C=O) groups excluding carboxylic acids is 1. The van der Waals surface area contributed by atoms with Crippen LogP contribution in [0, 0.1) is 10.1 Å². The number of para-hydroxylation sites is 1.